The molecule has 0 aliphatic carbocycles. The number of methoxy groups -OCH3 is 1. The van der Waals surface area contributed by atoms with Crippen molar-refractivity contribution in [2.24, 2.45) is 12.0 Å². The van der Waals surface area contributed by atoms with Crippen molar-refractivity contribution in [1.29, 1.82) is 0 Å². The van der Waals surface area contributed by atoms with Crippen molar-refractivity contribution in [3.05, 3.63) is 76.1 Å². The fourth-order valence-corrected chi connectivity index (χ4v) is 3.33. The molecule has 31 heavy (non-hydrogen) atoms. The summed E-state index contributed by atoms with van der Waals surface area (Å²) in [5, 5.41) is 10.6. The normalized spacial score (nSPS) is 11.4. The minimum atomic E-state index is -0.235. The van der Waals surface area contributed by atoms with Gasteiger partial charge in [0, 0.05) is 23.9 Å². The van der Waals surface area contributed by atoms with Crippen molar-refractivity contribution in [3.63, 3.8) is 0 Å². The fourth-order valence-electron chi connectivity index (χ4n) is 3.33. The van der Waals surface area contributed by atoms with Gasteiger partial charge in [-0.25, -0.2) is 4.99 Å². The maximum Gasteiger partial charge on any atom is 0.257 e. The van der Waals surface area contributed by atoms with Crippen molar-refractivity contribution in [2.75, 3.05) is 12.4 Å². The molecule has 0 bridgehead atoms. The highest BCUT2D eigenvalue weighted by Crippen LogP contribution is 2.25. The third kappa shape index (κ3) is 5.31. The standard InChI is InChI=1S/C24H29N5O2/c1-15-8-7-9-19(12-15)23(30)27-24(25-14-20-17(3)28-29(5)18(20)4)26-21-13-16(2)10-11-22(21)31-6/h7-13H,14H2,1-6H3,(H2,25,26,27,30). The molecule has 0 saturated carbocycles. The molecule has 0 saturated heterocycles. The summed E-state index contributed by atoms with van der Waals surface area (Å²) in [7, 11) is 3.52. The van der Waals surface area contributed by atoms with Crippen LogP contribution in [0.3, 0.4) is 0 Å². The largest absolute Gasteiger partial charge is 0.495 e. The predicted octanol–water partition coefficient (Wildman–Crippen LogP) is 4.06. The lowest BCUT2D eigenvalue weighted by Gasteiger charge is -2.15. The lowest BCUT2D eigenvalue weighted by molar-refractivity contribution is 0.0977. The van der Waals surface area contributed by atoms with Gasteiger partial charge in [0.25, 0.3) is 5.91 Å². The van der Waals surface area contributed by atoms with Gasteiger partial charge in [-0.2, -0.15) is 5.10 Å². The molecule has 1 heterocycles. The van der Waals surface area contributed by atoms with Gasteiger partial charge < -0.3 is 10.1 Å². The molecule has 0 fully saturated rings. The van der Waals surface area contributed by atoms with Crippen LogP contribution in [0, 0.1) is 27.7 Å². The quantitative estimate of drug-likeness (QED) is 0.483. The number of aryl methyl sites for hydroxylation is 4. The molecular formula is C24H29N5O2. The summed E-state index contributed by atoms with van der Waals surface area (Å²) in [5.41, 5.74) is 6.36. The molecule has 162 valence electrons. The van der Waals surface area contributed by atoms with E-state index in [9.17, 15) is 4.79 Å². The van der Waals surface area contributed by atoms with Crippen LogP contribution in [-0.2, 0) is 13.6 Å². The number of hydrogen-bond donors (Lipinski definition) is 2. The van der Waals surface area contributed by atoms with E-state index in [1.807, 2.05) is 75.8 Å². The highest BCUT2D eigenvalue weighted by Gasteiger charge is 2.14. The number of carbonyl (C=O) groups excluding carboxylic acids is 1. The van der Waals surface area contributed by atoms with Crippen molar-refractivity contribution in [3.8, 4) is 5.75 Å². The summed E-state index contributed by atoms with van der Waals surface area (Å²) < 4.78 is 7.30. The predicted molar refractivity (Wildman–Crippen MR) is 124 cm³/mol. The van der Waals surface area contributed by atoms with E-state index >= 15 is 0 Å². The van der Waals surface area contributed by atoms with Crippen molar-refractivity contribution >= 4 is 17.6 Å². The zero-order valence-corrected chi connectivity index (χ0v) is 18.9. The topological polar surface area (TPSA) is 80.5 Å². The van der Waals surface area contributed by atoms with Crippen molar-refractivity contribution in [1.82, 2.24) is 15.1 Å². The van der Waals surface area contributed by atoms with Crippen LogP contribution in [0.1, 0.15) is 38.4 Å². The maximum atomic E-state index is 12.9. The molecular weight excluding hydrogens is 390 g/mol. The first kappa shape index (κ1) is 22.1. The molecule has 0 spiro atoms. The van der Waals surface area contributed by atoms with E-state index in [4.69, 9.17) is 4.74 Å². The van der Waals surface area contributed by atoms with Gasteiger partial charge in [0.15, 0.2) is 0 Å². The van der Waals surface area contributed by atoms with Gasteiger partial charge in [-0.15, -0.1) is 0 Å². The number of ether oxygens (including phenoxy) is 1. The van der Waals surface area contributed by atoms with Crippen molar-refractivity contribution < 1.29 is 9.53 Å². The van der Waals surface area contributed by atoms with E-state index in [2.05, 4.69) is 20.7 Å². The third-order valence-electron chi connectivity index (χ3n) is 5.17. The molecule has 0 radical (unpaired) electrons. The van der Waals surface area contributed by atoms with Crippen LogP contribution in [-0.4, -0.2) is 28.8 Å². The minimum Gasteiger partial charge on any atom is -0.495 e. The number of aliphatic imine (C=N–C) groups is 1. The van der Waals surface area contributed by atoms with Gasteiger partial charge in [-0.05, 0) is 57.5 Å². The molecule has 7 heteroatoms. The Kier molecular flexibility index (Phi) is 6.74. The smallest absolute Gasteiger partial charge is 0.257 e. The van der Waals surface area contributed by atoms with Crippen LogP contribution in [0.2, 0.25) is 0 Å². The number of benzene rings is 2. The van der Waals surface area contributed by atoms with Crippen LogP contribution in [0.25, 0.3) is 0 Å². The second kappa shape index (κ2) is 9.47. The Balaban J connectivity index is 1.93. The second-order valence-electron chi connectivity index (χ2n) is 7.59. The SMILES string of the molecule is COc1ccc(C)cc1NC(=NCc1c(C)nn(C)c1C)NC(=O)c1cccc(C)c1. The average Bonchev–Trinajstić information content (AvgIpc) is 2.97. The number of anilines is 1. The molecule has 2 aromatic carbocycles. The number of rotatable bonds is 5. The van der Waals surface area contributed by atoms with Crippen LogP contribution in [0.5, 0.6) is 5.75 Å². The Morgan fingerprint density at radius 2 is 1.84 bits per heavy atom. The zero-order chi connectivity index (χ0) is 22.5. The number of carbonyl (C=O) groups is 1. The molecule has 7 nitrogen and oxygen atoms in total. The first-order chi connectivity index (χ1) is 14.8. The summed E-state index contributed by atoms with van der Waals surface area (Å²) in [6.45, 7) is 8.30. The Morgan fingerprint density at radius 1 is 1.10 bits per heavy atom. The number of hydrogen-bond acceptors (Lipinski definition) is 4. The van der Waals surface area contributed by atoms with E-state index in [1.54, 1.807) is 13.2 Å². The second-order valence-corrected chi connectivity index (χ2v) is 7.59. The molecule has 0 aliphatic rings. The molecule has 1 amide bonds. The summed E-state index contributed by atoms with van der Waals surface area (Å²) >= 11 is 0. The molecule has 3 aromatic rings. The highest BCUT2D eigenvalue weighted by molar-refractivity contribution is 6.10. The zero-order valence-electron chi connectivity index (χ0n) is 18.9. The number of aromatic nitrogens is 2. The summed E-state index contributed by atoms with van der Waals surface area (Å²) in [6.07, 6.45) is 0. The molecule has 0 unspecified atom stereocenters. The number of amides is 1. The Hall–Kier alpha value is -3.61. The fraction of sp³-hybridized carbons (Fsp3) is 0.292. The molecule has 0 atom stereocenters. The molecule has 0 aliphatic heterocycles. The van der Waals surface area contributed by atoms with Gasteiger partial charge in [-0.1, -0.05) is 23.8 Å². The summed E-state index contributed by atoms with van der Waals surface area (Å²) in [5.74, 6) is 0.774. The molecule has 1 aromatic heterocycles. The Bertz CT molecular complexity index is 1130. The van der Waals surface area contributed by atoms with Crippen LogP contribution in [0.4, 0.5) is 5.69 Å². The number of guanidine groups is 1. The third-order valence-corrected chi connectivity index (χ3v) is 5.17. The van der Waals surface area contributed by atoms with E-state index < -0.39 is 0 Å². The van der Waals surface area contributed by atoms with Gasteiger partial charge >= 0.3 is 0 Å². The first-order valence-electron chi connectivity index (χ1n) is 10.1. The van der Waals surface area contributed by atoms with Gasteiger partial charge in [0.05, 0.1) is 25.0 Å². The summed E-state index contributed by atoms with van der Waals surface area (Å²) in [6, 6.07) is 13.2. The lowest BCUT2D eigenvalue weighted by Crippen LogP contribution is -2.36. The van der Waals surface area contributed by atoms with Gasteiger partial charge in [0.1, 0.15) is 5.75 Å². The monoisotopic (exact) mass is 419 g/mol. The van der Waals surface area contributed by atoms with Crippen LogP contribution in [0.15, 0.2) is 47.5 Å². The first-order valence-corrected chi connectivity index (χ1v) is 10.1. The number of nitrogens with one attached hydrogen (secondary N) is 2. The van der Waals surface area contributed by atoms with Crippen LogP contribution >= 0.6 is 0 Å². The molecule has 3 rings (SSSR count). The summed E-state index contributed by atoms with van der Waals surface area (Å²) in [4.78, 5) is 17.6. The Labute approximate surface area is 183 Å². The van der Waals surface area contributed by atoms with E-state index in [-0.39, 0.29) is 5.91 Å². The van der Waals surface area contributed by atoms with Gasteiger partial charge in [-0.3, -0.25) is 14.8 Å². The highest BCUT2D eigenvalue weighted by atomic mass is 16.5. The number of nitrogens with zero attached hydrogens (tertiary/aromatic N) is 3. The maximum absolute atomic E-state index is 12.9. The average molecular weight is 420 g/mol. The minimum absolute atomic E-state index is 0.235. The van der Waals surface area contributed by atoms with Crippen molar-refractivity contribution in [2.45, 2.75) is 34.2 Å². The Morgan fingerprint density at radius 3 is 2.48 bits per heavy atom. The lowest BCUT2D eigenvalue weighted by atomic mass is 10.1. The van der Waals surface area contributed by atoms with E-state index in [0.29, 0.717) is 23.8 Å². The van der Waals surface area contributed by atoms with Crippen LogP contribution < -0.4 is 15.4 Å². The molecule has 2 N–H and O–H groups in total. The van der Waals surface area contributed by atoms with E-state index in [1.165, 1.54) is 0 Å². The van der Waals surface area contributed by atoms with Gasteiger partial charge in [0.2, 0.25) is 5.96 Å². The van der Waals surface area contributed by atoms with E-state index in [0.717, 1.165) is 33.8 Å².